The van der Waals surface area contributed by atoms with Crippen molar-refractivity contribution in [2.24, 2.45) is 0 Å². The molecule has 0 amide bonds. The quantitative estimate of drug-likeness (QED) is 0.927. The van der Waals surface area contributed by atoms with E-state index in [4.69, 9.17) is 4.74 Å². The molecule has 1 atom stereocenters. The smallest absolute Gasteiger partial charge is 0.264 e. The largest absolute Gasteiger partial charge is 0.497 e. The Labute approximate surface area is 142 Å². The molecule has 0 aromatic heterocycles. The molecular formula is C18H21NO4S. The van der Waals surface area contributed by atoms with Gasteiger partial charge in [-0.1, -0.05) is 18.2 Å². The van der Waals surface area contributed by atoms with Crippen molar-refractivity contribution in [2.45, 2.75) is 31.3 Å². The number of ether oxygens (including phenoxy) is 1. The highest BCUT2D eigenvalue weighted by atomic mass is 32.2. The van der Waals surface area contributed by atoms with E-state index in [0.717, 1.165) is 0 Å². The van der Waals surface area contributed by atoms with Crippen LogP contribution in [0.15, 0.2) is 41.3 Å². The highest BCUT2D eigenvalue weighted by Gasteiger charge is 2.34. The van der Waals surface area contributed by atoms with E-state index in [1.165, 1.54) is 4.31 Å². The van der Waals surface area contributed by atoms with Crippen molar-refractivity contribution in [3.63, 3.8) is 0 Å². The van der Waals surface area contributed by atoms with E-state index in [9.17, 15) is 13.5 Å². The number of aryl methyl sites for hydroxylation is 2. The van der Waals surface area contributed by atoms with Gasteiger partial charge in [-0.05, 0) is 49.6 Å². The molecule has 1 N–H and O–H groups in total. The lowest BCUT2D eigenvalue weighted by Crippen LogP contribution is -2.37. The molecule has 0 fully saturated rings. The lowest BCUT2D eigenvalue weighted by molar-refractivity contribution is 0.166. The zero-order chi connectivity index (χ0) is 17.5. The number of sulfonamides is 1. The SMILES string of the molecule is COc1cc(C)c(S(=O)(=O)N2CCC(O)c3ccccc32)c(C)c1. The first-order chi connectivity index (χ1) is 11.4. The van der Waals surface area contributed by atoms with Gasteiger partial charge in [0.2, 0.25) is 0 Å². The Balaban J connectivity index is 2.15. The number of methoxy groups -OCH3 is 1. The second-order valence-corrected chi connectivity index (χ2v) is 7.83. The summed E-state index contributed by atoms with van der Waals surface area (Å²) in [6.45, 7) is 3.80. The van der Waals surface area contributed by atoms with Crippen LogP contribution in [0.5, 0.6) is 5.75 Å². The van der Waals surface area contributed by atoms with Crippen LogP contribution in [0.2, 0.25) is 0 Å². The maximum Gasteiger partial charge on any atom is 0.264 e. The Morgan fingerprint density at radius 1 is 1.17 bits per heavy atom. The third-order valence-corrected chi connectivity index (χ3v) is 6.51. The fourth-order valence-electron chi connectivity index (χ4n) is 3.31. The van der Waals surface area contributed by atoms with Gasteiger partial charge < -0.3 is 9.84 Å². The molecule has 1 heterocycles. The second-order valence-electron chi connectivity index (χ2n) is 6.03. The molecule has 1 aliphatic rings. The predicted molar refractivity (Wildman–Crippen MR) is 93.0 cm³/mol. The molecular weight excluding hydrogens is 326 g/mol. The van der Waals surface area contributed by atoms with Gasteiger partial charge in [0.1, 0.15) is 5.75 Å². The first-order valence-corrected chi connectivity index (χ1v) is 9.25. The van der Waals surface area contributed by atoms with E-state index in [0.29, 0.717) is 39.4 Å². The molecule has 1 aliphatic heterocycles. The normalized spacial score (nSPS) is 17.5. The van der Waals surface area contributed by atoms with Crippen LogP contribution in [-0.2, 0) is 10.0 Å². The average molecular weight is 347 g/mol. The Bertz CT molecular complexity index is 853. The summed E-state index contributed by atoms with van der Waals surface area (Å²) in [6, 6.07) is 10.6. The van der Waals surface area contributed by atoms with Gasteiger partial charge in [-0.3, -0.25) is 4.31 Å². The molecule has 0 bridgehead atoms. The van der Waals surface area contributed by atoms with E-state index >= 15 is 0 Å². The minimum absolute atomic E-state index is 0.255. The fourth-order valence-corrected chi connectivity index (χ4v) is 5.23. The van der Waals surface area contributed by atoms with Crippen LogP contribution in [0.3, 0.4) is 0 Å². The van der Waals surface area contributed by atoms with Gasteiger partial charge in [-0.2, -0.15) is 0 Å². The van der Waals surface area contributed by atoms with E-state index in [1.807, 2.05) is 6.07 Å². The first kappa shape index (κ1) is 16.8. The maximum absolute atomic E-state index is 13.3. The molecule has 0 saturated carbocycles. The molecule has 3 rings (SSSR count). The minimum atomic E-state index is -3.72. The number of aliphatic hydroxyl groups is 1. The van der Waals surface area contributed by atoms with Crippen molar-refractivity contribution in [3.05, 3.63) is 53.1 Å². The highest BCUT2D eigenvalue weighted by Crippen LogP contribution is 2.38. The Kier molecular flexibility index (Phi) is 4.27. The van der Waals surface area contributed by atoms with Crippen LogP contribution >= 0.6 is 0 Å². The molecule has 6 heteroatoms. The maximum atomic E-state index is 13.3. The molecule has 128 valence electrons. The molecule has 0 spiro atoms. The zero-order valence-electron chi connectivity index (χ0n) is 14.0. The van der Waals surface area contributed by atoms with Gasteiger partial charge in [0, 0.05) is 12.1 Å². The second kappa shape index (κ2) is 6.11. The third-order valence-electron chi connectivity index (χ3n) is 4.39. The number of hydrogen-bond donors (Lipinski definition) is 1. The van der Waals surface area contributed by atoms with E-state index in [2.05, 4.69) is 0 Å². The van der Waals surface area contributed by atoms with Crippen molar-refractivity contribution in [2.75, 3.05) is 18.0 Å². The topological polar surface area (TPSA) is 66.8 Å². The van der Waals surface area contributed by atoms with E-state index < -0.39 is 16.1 Å². The molecule has 0 radical (unpaired) electrons. The monoisotopic (exact) mass is 347 g/mol. The summed E-state index contributed by atoms with van der Waals surface area (Å²) >= 11 is 0. The Hall–Kier alpha value is -2.05. The number of hydrogen-bond acceptors (Lipinski definition) is 4. The number of fused-ring (bicyclic) bond motifs is 1. The van der Waals surface area contributed by atoms with Gasteiger partial charge in [0.15, 0.2) is 0 Å². The molecule has 0 saturated heterocycles. The number of anilines is 1. The van der Waals surface area contributed by atoms with Crippen LogP contribution in [-0.4, -0.2) is 27.2 Å². The van der Waals surface area contributed by atoms with Crippen LogP contribution in [0, 0.1) is 13.8 Å². The summed E-state index contributed by atoms with van der Waals surface area (Å²) in [5.74, 6) is 0.637. The molecule has 2 aromatic carbocycles. The lowest BCUT2D eigenvalue weighted by Gasteiger charge is -2.33. The van der Waals surface area contributed by atoms with Crippen molar-refractivity contribution < 1.29 is 18.3 Å². The van der Waals surface area contributed by atoms with Crippen molar-refractivity contribution >= 4 is 15.7 Å². The van der Waals surface area contributed by atoms with Crippen LogP contribution in [0.25, 0.3) is 0 Å². The summed E-state index contributed by atoms with van der Waals surface area (Å²) in [7, 11) is -2.16. The highest BCUT2D eigenvalue weighted by molar-refractivity contribution is 7.93. The molecule has 1 unspecified atom stereocenters. The van der Waals surface area contributed by atoms with Gasteiger partial charge in [-0.15, -0.1) is 0 Å². The Morgan fingerprint density at radius 3 is 2.42 bits per heavy atom. The van der Waals surface area contributed by atoms with Crippen molar-refractivity contribution in [3.8, 4) is 5.75 Å². The Morgan fingerprint density at radius 2 is 1.79 bits per heavy atom. The van der Waals surface area contributed by atoms with Gasteiger partial charge >= 0.3 is 0 Å². The van der Waals surface area contributed by atoms with Gasteiger partial charge in [0.25, 0.3) is 10.0 Å². The van der Waals surface area contributed by atoms with Crippen molar-refractivity contribution in [1.29, 1.82) is 0 Å². The van der Waals surface area contributed by atoms with E-state index in [1.54, 1.807) is 51.3 Å². The number of aliphatic hydroxyl groups excluding tert-OH is 1. The molecule has 24 heavy (non-hydrogen) atoms. The standard InChI is InChI=1S/C18H21NO4S/c1-12-10-14(23-3)11-13(2)18(12)24(21,22)19-9-8-17(20)15-6-4-5-7-16(15)19/h4-7,10-11,17,20H,8-9H2,1-3H3. The summed E-state index contributed by atoms with van der Waals surface area (Å²) in [4.78, 5) is 0.300. The van der Waals surface area contributed by atoms with Gasteiger partial charge in [0.05, 0.1) is 23.8 Å². The molecule has 0 aliphatic carbocycles. The number of nitrogens with zero attached hydrogens (tertiary/aromatic N) is 1. The summed E-state index contributed by atoms with van der Waals surface area (Å²) in [5.41, 5.74) is 2.49. The number of rotatable bonds is 3. The number of benzene rings is 2. The summed E-state index contributed by atoms with van der Waals surface area (Å²) in [5, 5.41) is 10.2. The van der Waals surface area contributed by atoms with Crippen LogP contribution in [0.1, 0.15) is 29.2 Å². The first-order valence-electron chi connectivity index (χ1n) is 7.81. The molecule has 2 aromatic rings. The lowest BCUT2D eigenvalue weighted by atomic mass is 10.0. The number of para-hydroxylation sites is 1. The van der Waals surface area contributed by atoms with Crippen LogP contribution in [0.4, 0.5) is 5.69 Å². The summed E-state index contributed by atoms with van der Waals surface area (Å²) in [6.07, 6.45) is -0.254. The van der Waals surface area contributed by atoms with Crippen molar-refractivity contribution in [1.82, 2.24) is 0 Å². The average Bonchev–Trinajstić information content (AvgIpc) is 2.54. The fraction of sp³-hybridized carbons (Fsp3) is 0.333. The molecule has 5 nitrogen and oxygen atoms in total. The van der Waals surface area contributed by atoms with Gasteiger partial charge in [-0.25, -0.2) is 8.42 Å². The van der Waals surface area contributed by atoms with E-state index in [-0.39, 0.29) is 6.54 Å². The predicted octanol–water partition coefficient (Wildman–Crippen LogP) is 2.94. The third kappa shape index (κ3) is 2.65. The van der Waals surface area contributed by atoms with Crippen LogP contribution < -0.4 is 9.04 Å². The zero-order valence-corrected chi connectivity index (χ0v) is 14.8. The summed E-state index contributed by atoms with van der Waals surface area (Å²) < 4.78 is 33.2. The minimum Gasteiger partial charge on any atom is -0.497 e.